The molecule has 1 aromatic rings. The number of aryl methyl sites for hydroxylation is 1. The van der Waals surface area contributed by atoms with E-state index < -0.39 is 0 Å². The fraction of sp³-hybridized carbons (Fsp3) is 0.600. The lowest BCUT2D eigenvalue weighted by Crippen LogP contribution is -2.46. The normalized spacial score (nSPS) is 33.8. The Balaban J connectivity index is 2.01. The molecule has 0 amide bonds. The second-order valence-electron chi connectivity index (χ2n) is 6.25. The molecule has 1 unspecified atom stereocenters. The van der Waals surface area contributed by atoms with Crippen molar-refractivity contribution in [1.29, 1.82) is 0 Å². The predicted molar refractivity (Wildman–Crippen MR) is 69.1 cm³/mol. The summed E-state index contributed by atoms with van der Waals surface area (Å²) in [4.78, 5) is 0. The third-order valence-electron chi connectivity index (χ3n) is 4.79. The monoisotopic (exact) mass is 231 g/mol. The maximum absolute atomic E-state index is 6.34. The molecule has 1 saturated carbocycles. The van der Waals surface area contributed by atoms with E-state index in [0.717, 1.165) is 12.2 Å². The number of ether oxygens (including phenoxy) is 1. The van der Waals surface area contributed by atoms with Crippen molar-refractivity contribution >= 4 is 0 Å². The van der Waals surface area contributed by atoms with E-state index in [4.69, 9.17) is 10.5 Å². The van der Waals surface area contributed by atoms with Gasteiger partial charge >= 0.3 is 0 Å². The summed E-state index contributed by atoms with van der Waals surface area (Å²) in [5.41, 5.74) is 9.00. The van der Waals surface area contributed by atoms with Gasteiger partial charge < -0.3 is 10.5 Å². The van der Waals surface area contributed by atoms with Crippen molar-refractivity contribution in [2.45, 2.75) is 51.7 Å². The second-order valence-corrected chi connectivity index (χ2v) is 6.25. The van der Waals surface area contributed by atoms with Crippen LogP contribution in [0.5, 0.6) is 5.75 Å². The molecule has 2 heteroatoms. The number of fused-ring (bicyclic) bond motifs is 1. The first-order chi connectivity index (χ1) is 7.94. The van der Waals surface area contributed by atoms with E-state index in [0.29, 0.717) is 5.41 Å². The molecule has 0 bridgehead atoms. The zero-order chi connectivity index (χ0) is 12.3. The molecule has 1 aliphatic carbocycles. The number of hydrogen-bond donors (Lipinski definition) is 1. The Bertz CT molecular complexity index is 464. The third kappa shape index (κ3) is 1.58. The van der Waals surface area contributed by atoms with Crippen LogP contribution in [0.4, 0.5) is 0 Å². The van der Waals surface area contributed by atoms with Crippen LogP contribution in [0.2, 0.25) is 0 Å². The molecule has 1 fully saturated rings. The molecule has 0 radical (unpaired) electrons. The highest BCUT2D eigenvalue weighted by Crippen LogP contribution is 2.59. The molecule has 2 atom stereocenters. The van der Waals surface area contributed by atoms with Gasteiger partial charge in [-0.15, -0.1) is 0 Å². The van der Waals surface area contributed by atoms with Gasteiger partial charge in [-0.3, -0.25) is 0 Å². The summed E-state index contributed by atoms with van der Waals surface area (Å²) < 4.78 is 6.29. The summed E-state index contributed by atoms with van der Waals surface area (Å²) in [7, 11) is 0. The van der Waals surface area contributed by atoms with Gasteiger partial charge in [0.25, 0.3) is 0 Å². The lowest BCUT2D eigenvalue weighted by atomic mass is 9.78. The quantitative estimate of drug-likeness (QED) is 0.804. The van der Waals surface area contributed by atoms with Crippen LogP contribution in [0.25, 0.3) is 0 Å². The predicted octanol–water partition coefficient (Wildman–Crippen LogP) is 3.34. The summed E-state index contributed by atoms with van der Waals surface area (Å²) in [6.45, 7) is 6.64. The van der Waals surface area contributed by atoms with E-state index in [1.54, 1.807) is 0 Å². The molecule has 0 spiro atoms. The summed E-state index contributed by atoms with van der Waals surface area (Å²) >= 11 is 0. The van der Waals surface area contributed by atoms with Crippen LogP contribution in [0.1, 0.15) is 50.3 Å². The first-order valence-corrected chi connectivity index (χ1v) is 6.49. The highest BCUT2D eigenvalue weighted by molar-refractivity contribution is 5.42. The van der Waals surface area contributed by atoms with Gasteiger partial charge in [-0.25, -0.2) is 0 Å². The molecule has 2 N–H and O–H groups in total. The molecule has 1 heterocycles. The summed E-state index contributed by atoms with van der Waals surface area (Å²) in [6.07, 6.45) is 3.45. The van der Waals surface area contributed by atoms with Gasteiger partial charge in [-0.05, 0) is 32.8 Å². The van der Waals surface area contributed by atoms with Gasteiger partial charge in [0.05, 0.1) is 0 Å². The second kappa shape index (κ2) is 3.26. The third-order valence-corrected chi connectivity index (χ3v) is 4.79. The Morgan fingerprint density at radius 2 is 2.00 bits per heavy atom. The first kappa shape index (κ1) is 11.1. The molecule has 2 aliphatic rings. The van der Waals surface area contributed by atoms with Crippen LogP contribution in [0.3, 0.4) is 0 Å². The average molecular weight is 231 g/mol. The van der Waals surface area contributed by atoms with Crippen LogP contribution in [-0.2, 0) is 0 Å². The molecule has 1 aromatic carbocycles. The van der Waals surface area contributed by atoms with Gasteiger partial charge in [0.2, 0.25) is 0 Å². The molecule has 0 saturated heterocycles. The fourth-order valence-corrected chi connectivity index (χ4v) is 2.95. The maximum Gasteiger partial charge on any atom is 0.124 e. The molecule has 17 heavy (non-hydrogen) atoms. The first-order valence-electron chi connectivity index (χ1n) is 6.49. The van der Waals surface area contributed by atoms with Crippen molar-refractivity contribution in [3.05, 3.63) is 29.3 Å². The fourth-order valence-electron chi connectivity index (χ4n) is 2.95. The van der Waals surface area contributed by atoms with Crippen molar-refractivity contribution in [3.8, 4) is 5.75 Å². The Morgan fingerprint density at radius 1 is 1.29 bits per heavy atom. The van der Waals surface area contributed by atoms with Crippen LogP contribution < -0.4 is 10.5 Å². The highest BCUT2D eigenvalue weighted by Gasteiger charge is 2.57. The molecule has 1 aliphatic heterocycles. The Hall–Kier alpha value is -1.02. The van der Waals surface area contributed by atoms with Crippen LogP contribution in [0, 0.1) is 12.3 Å². The number of nitrogens with two attached hydrogens (primary N) is 1. The topological polar surface area (TPSA) is 35.2 Å². The number of benzene rings is 1. The van der Waals surface area contributed by atoms with E-state index in [-0.39, 0.29) is 11.6 Å². The van der Waals surface area contributed by atoms with Crippen molar-refractivity contribution in [2.75, 3.05) is 0 Å². The summed E-state index contributed by atoms with van der Waals surface area (Å²) in [5, 5.41) is 0. The Labute approximate surface area is 103 Å². The van der Waals surface area contributed by atoms with E-state index in [1.165, 1.54) is 24.0 Å². The van der Waals surface area contributed by atoms with Crippen molar-refractivity contribution < 1.29 is 4.74 Å². The lowest BCUT2D eigenvalue weighted by molar-refractivity contribution is -0.00895. The maximum atomic E-state index is 6.34. The van der Waals surface area contributed by atoms with Crippen molar-refractivity contribution in [2.24, 2.45) is 11.1 Å². The van der Waals surface area contributed by atoms with E-state index in [1.807, 2.05) is 0 Å². The average Bonchev–Trinajstić information content (AvgIpc) is 3.00. The molecular formula is C15H21NO. The van der Waals surface area contributed by atoms with E-state index in [9.17, 15) is 0 Å². The molecular weight excluding hydrogens is 210 g/mol. The van der Waals surface area contributed by atoms with Crippen LogP contribution >= 0.6 is 0 Å². The summed E-state index contributed by atoms with van der Waals surface area (Å²) in [6, 6.07) is 6.45. The van der Waals surface area contributed by atoms with Crippen LogP contribution in [0.15, 0.2) is 18.2 Å². The van der Waals surface area contributed by atoms with Gasteiger partial charge in [0.1, 0.15) is 11.4 Å². The minimum absolute atomic E-state index is 0.0886. The van der Waals surface area contributed by atoms with E-state index in [2.05, 4.69) is 39.0 Å². The van der Waals surface area contributed by atoms with Gasteiger partial charge in [0.15, 0.2) is 0 Å². The largest absolute Gasteiger partial charge is 0.487 e. The Kier molecular flexibility index (Phi) is 2.13. The van der Waals surface area contributed by atoms with Gasteiger partial charge in [-0.1, -0.05) is 24.6 Å². The SMILES string of the molecule is Cc1ccc2c(c1)[C@H](N)CC(C)(C1(C)CC1)O2. The van der Waals surface area contributed by atoms with Crippen LogP contribution in [-0.4, -0.2) is 5.60 Å². The van der Waals surface area contributed by atoms with Gasteiger partial charge in [0, 0.05) is 23.4 Å². The standard InChI is InChI=1S/C15H21NO/c1-10-4-5-13-11(8-10)12(16)9-15(3,17-13)14(2)6-7-14/h4-5,8,12H,6-7,9,16H2,1-3H3/t12-,15?/m1/s1. The smallest absolute Gasteiger partial charge is 0.124 e. The van der Waals surface area contributed by atoms with Gasteiger partial charge in [-0.2, -0.15) is 0 Å². The molecule has 0 aromatic heterocycles. The Morgan fingerprint density at radius 3 is 2.65 bits per heavy atom. The number of rotatable bonds is 1. The number of hydrogen-bond acceptors (Lipinski definition) is 2. The van der Waals surface area contributed by atoms with Crippen molar-refractivity contribution in [3.63, 3.8) is 0 Å². The highest BCUT2D eigenvalue weighted by atomic mass is 16.5. The zero-order valence-corrected chi connectivity index (χ0v) is 10.9. The zero-order valence-electron chi connectivity index (χ0n) is 10.9. The minimum atomic E-state index is -0.0886. The summed E-state index contributed by atoms with van der Waals surface area (Å²) in [5.74, 6) is 0.991. The lowest BCUT2D eigenvalue weighted by Gasteiger charge is -2.43. The molecule has 92 valence electrons. The molecule has 2 nitrogen and oxygen atoms in total. The van der Waals surface area contributed by atoms with E-state index >= 15 is 0 Å². The van der Waals surface area contributed by atoms with Crippen molar-refractivity contribution in [1.82, 2.24) is 0 Å². The molecule has 3 rings (SSSR count). The minimum Gasteiger partial charge on any atom is -0.487 e.